The van der Waals surface area contributed by atoms with Gasteiger partial charge in [-0.3, -0.25) is 0 Å². The lowest BCUT2D eigenvalue weighted by molar-refractivity contribution is 0.0781. The van der Waals surface area contributed by atoms with E-state index in [1.54, 1.807) is 0 Å². The fraction of sp³-hybridized carbons (Fsp3) is 0.500. The molecule has 2 N–H and O–H groups in total. The number of hydrogen-bond acceptors (Lipinski definition) is 3. The molecule has 0 aliphatic carbocycles. The molecule has 0 amide bonds. The molecule has 0 spiro atoms. The molecule has 0 heterocycles. The maximum atomic E-state index is 8.60. The van der Waals surface area contributed by atoms with Crippen LogP contribution in [0.4, 0.5) is 0 Å². The second-order valence-corrected chi connectivity index (χ2v) is 3.47. The largest absolute Gasteiger partial charge is 0.394 e. The summed E-state index contributed by atoms with van der Waals surface area (Å²) in [6, 6.07) is 10.6. The Morgan fingerprint density at radius 3 is 2.67 bits per heavy atom. The molecule has 0 saturated carbocycles. The number of aliphatic hydroxyl groups is 1. The molecule has 1 aromatic carbocycles. The van der Waals surface area contributed by atoms with Crippen molar-refractivity contribution in [1.29, 1.82) is 0 Å². The first-order chi connectivity index (χ1) is 7.36. The van der Waals surface area contributed by atoms with E-state index in [-0.39, 0.29) is 6.61 Å². The van der Waals surface area contributed by atoms with Crippen molar-refractivity contribution in [3.63, 3.8) is 0 Å². The number of benzene rings is 1. The molecule has 0 aliphatic rings. The van der Waals surface area contributed by atoms with Crippen LogP contribution >= 0.6 is 0 Å². The summed E-state index contributed by atoms with van der Waals surface area (Å²) in [6.07, 6.45) is 0.947. The second kappa shape index (κ2) is 7.40. The van der Waals surface area contributed by atoms with Crippen molar-refractivity contribution in [3.05, 3.63) is 35.9 Å². The van der Waals surface area contributed by atoms with Crippen LogP contribution in [-0.4, -0.2) is 38.0 Å². The first-order valence-corrected chi connectivity index (χ1v) is 5.26. The lowest BCUT2D eigenvalue weighted by Crippen LogP contribution is -2.32. The zero-order valence-corrected chi connectivity index (χ0v) is 9.15. The van der Waals surface area contributed by atoms with Crippen molar-refractivity contribution < 1.29 is 9.84 Å². The van der Waals surface area contributed by atoms with Gasteiger partial charge < -0.3 is 15.2 Å². The van der Waals surface area contributed by atoms with Crippen molar-refractivity contribution in [2.45, 2.75) is 12.5 Å². The first kappa shape index (κ1) is 12.2. The predicted octanol–water partition coefficient (Wildman–Crippen LogP) is 0.826. The van der Waals surface area contributed by atoms with E-state index < -0.39 is 0 Å². The Labute approximate surface area is 91.1 Å². The van der Waals surface area contributed by atoms with E-state index in [1.165, 1.54) is 5.56 Å². The van der Waals surface area contributed by atoms with Gasteiger partial charge in [0.15, 0.2) is 0 Å². The zero-order chi connectivity index (χ0) is 10.9. The van der Waals surface area contributed by atoms with Gasteiger partial charge in [-0.2, -0.15) is 0 Å². The Balaban J connectivity index is 2.33. The Kier molecular flexibility index (Phi) is 6.00. The number of ether oxygens (including phenoxy) is 1. The molecule has 0 aromatic heterocycles. The molecule has 0 fully saturated rings. The third kappa shape index (κ3) is 4.93. The Morgan fingerprint density at radius 1 is 1.33 bits per heavy atom. The Morgan fingerprint density at radius 2 is 2.07 bits per heavy atom. The summed E-state index contributed by atoms with van der Waals surface area (Å²) in [7, 11) is 1.93. The summed E-state index contributed by atoms with van der Waals surface area (Å²) < 4.78 is 5.30. The van der Waals surface area contributed by atoms with Crippen LogP contribution in [-0.2, 0) is 11.2 Å². The van der Waals surface area contributed by atoms with Crippen LogP contribution in [0.15, 0.2) is 30.3 Å². The normalized spacial score (nSPS) is 12.7. The molecule has 0 unspecified atom stereocenters. The van der Waals surface area contributed by atoms with Crippen molar-refractivity contribution in [2.75, 3.05) is 26.9 Å². The fourth-order valence-electron chi connectivity index (χ4n) is 1.43. The van der Waals surface area contributed by atoms with Crippen LogP contribution in [0, 0.1) is 0 Å². The minimum Gasteiger partial charge on any atom is -0.394 e. The van der Waals surface area contributed by atoms with E-state index in [4.69, 9.17) is 9.84 Å². The maximum absolute atomic E-state index is 8.60. The third-order valence-corrected chi connectivity index (χ3v) is 2.29. The summed E-state index contributed by atoms with van der Waals surface area (Å²) in [5.74, 6) is 0. The fourth-order valence-corrected chi connectivity index (χ4v) is 1.43. The Bertz CT molecular complexity index is 251. The molecular formula is C12H19NO2. The van der Waals surface area contributed by atoms with Gasteiger partial charge in [0.2, 0.25) is 0 Å². The van der Waals surface area contributed by atoms with Crippen LogP contribution in [0.1, 0.15) is 5.56 Å². The number of rotatable bonds is 7. The second-order valence-electron chi connectivity index (χ2n) is 3.47. The summed E-state index contributed by atoms with van der Waals surface area (Å²) in [5, 5.41) is 11.8. The lowest BCUT2D eigenvalue weighted by Gasteiger charge is -2.16. The summed E-state index contributed by atoms with van der Waals surface area (Å²) in [4.78, 5) is 0. The third-order valence-electron chi connectivity index (χ3n) is 2.29. The van der Waals surface area contributed by atoms with Crippen LogP contribution in [0.2, 0.25) is 0 Å². The number of likely N-dealkylation sites (N-methyl/N-ethyl adjacent to an activating group) is 1. The standard InChI is InChI=1S/C12H19NO2/c1-13-12(10-15-8-7-14)9-11-5-3-2-4-6-11/h2-6,12-14H,7-10H2,1H3/t12-/m0/s1. The SMILES string of the molecule is CN[C@H](COCCO)Cc1ccccc1. The molecule has 84 valence electrons. The van der Waals surface area contributed by atoms with Gasteiger partial charge in [-0.25, -0.2) is 0 Å². The van der Waals surface area contributed by atoms with E-state index >= 15 is 0 Å². The molecule has 3 heteroatoms. The first-order valence-electron chi connectivity index (χ1n) is 5.26. The lowest BCUT2D eigenvalue weighted by atomic mass is 10.1. The van der Waals surface area contributed by atoms with Crippen molar-refractivity contribution in [1.82, 2.24) is 5.32 Å². The molecule has 0 radical (unpaired) electrons. The molecule has 1 atom stereocenters. The highest BCUT2D eigenvalue weighted by Crippen LogP contribution is 2.03. The average Bonchev–Trinajstić information content (AvgIpc) is 2.29. The van der Waals surface area contributed by atoms with Gasteiger partial charge in [0, 0.05) is 6.04 Å². The van der Waals surface area contributed by atoms with Gasteiger partial charge in [0.25, 0.3) is 0 Å². The summed E-state index contributed by atoms with van der Waals surface area (Å²) >= 11 is 0. The van der Waals surface area contributed by atoms with E-state index in [1.807, 2.05) is 25.2 Å². The van der Waals surface area contributed by atoms with Crippen LogP contribution in [0.3, 0.4) is 0 Å². The summed E-state index contributed by atoms with van der Waals surface area (Å²) in [6.45, 7) is 1.13. The number of aliphatic hydroxyl groups excluding tert-OH is 1. The highest BCUT2D eigenvalue weighted by molar-refractivity contribution is 5.15. The van der Waals surface area contributed by atoms with Crippen molar-refractivity contribution in [2.24, 2.45) is 0 Å². The highest BCUT2D eigenvalue weighted by Gasteiger charge is 2.06. The van der Waals surface area contributed by atoms with E-state index in [9.17, 15) is 0 Å². The van der Waals surface area contributed by atoms with E-state index in [0.29, 0.717) is 19.3 Å². The average molecular weight is 209 g/mol. The van der Waals surface area contributed by atoms with Gasteiger partial charge >= 0.3 is 0 Å². The van der Waals surface area contributed by atoms with Crippen LogP contribution in [0.5, 0.6) is 0 Å². The van der Waals surface area contributed by atoms with Gasteiger partial charge in [-0.15, -0.1) is 0 Å². The molecule has 0 aliphatic heterocycles. The van der Waals surface area contributed by atoms with E-state index in [2.05, 4.69) is 17.4 Å². The van der Waals surface area contributed by atoms with Crippen molar-refractivity contribution in [3.8, 4) is 0 Å². The number of hydrogen-bond donors (Lipinski definition) is 2. The molecule has 0 saturated heterocycles. The van der Waals surface area contributed by atoms with Crippen molar-refractivity contribution >= 4 is 0 Å². The summed E-state index contributed by atoms with van der Waals surface area (Å²) in [5.41, 5.74) is 1.30. The minimum atomic E-state index is 0.0851. The quantitative estimate of drug-likeness (QED) is 0.653. The highest BCUT2D eigenvalue weighted by atomic mass is 16.5. The monoisotopic (exact) mass is 209 g/mol. The molecular weight excluding hydrogens is 190 g/mol. The smallest absolute Gasteiger partial charge is 0.0698 e. The topological polar surface area (TPSA) is 41.5 Å². The predicted molar refractivity (Wildman–Crippen MR) is 60.9 cm³/mol. The van der Waals surface area contributed by atoms with Gasteiger partial charge in [-0.05, 0) is 19.0 Å². The maximum Gasteiger partial charge on any atom is 0.0698 e. The van der Waals surface area contributed by atoms with E-state index in [0.717, 1.165) is 6.42 Å². The van der Waals surface area contributed by atoms with Gasteiger partial charge in [0.05, 0.1) is 19.8 Å². The molecule has 3 nitrogen and oxygen atoms in total. The molecule has 15 heavy (non-hydrogen) atoms. The van der Waals surface area contributed by atoms with Crippen LogP contribution in [0.25, 0.3) is 0 Å². The van der Waals surface area contributed by atoms with Gasteiger partial charge in [0.1, 0.15) is 0 Å². The van der Waals surface area contributed by atoms with Gasteiger partial charge in [-0.1, -0.05) is 30.3 Å². The van der Waals surface area contributed by atoms with Crippen LogP contribution < -0.4 is 5.32 Å². The minimum absolute atomic E-state index is 0.0851. The molecule has 1 rings (SSSR count). The zero-order valence-electron chi connectivity index (χ0n) is 9.15. The number of nitrogens with one attached hydrogen (secondary N) is 1. The molecule has 1 aromatic rings. The Hall–Kier alpha value is -0.900. The molecule has 0 bridgehead atoms.